The van der Waals surface area contributed by atoms with E-state index in [4.69, 9.17) is 4.74 Å². The number of nitro groups is 1. The van der Waals surface area contributed by atoms with Crippen molar-refractivity contribution >= 4 is 33.1 Å². The number of fused-ring (bicyclic) bond motifs is 1. The van der Waals surface area contributed by atoms with E-state index in [0.717, 1.165) is 23.1 Å². The average Bonchev–Trinajstić information content (AvgIpc) is 2.96. The van der Waals surface area contributed by atoms with Gasteiger partial charge in [0.05, 0.1) is 21.7 Å². The molecule has 7 nitrogen and oxygen atoms in total. The molecule has 1 saturated carbocycles. The zero-order valence-corrected chi connectivity index (χ0v) is 15.7. The number of carbonyl (C=O) groups excluding carboxylic acids is 1. The number of thiazole rings is 1. The second-order valence-corrected chi connectivity index (χ2v) is 7.66. The van der Waals surface area contributed by atoms with E-state index in [1.54, 1.807) is 13.2 Å². The Labute approximate surface area is 155 Å². The molecular weight excluding hydrogens is 354 g/mol. The fourth-order valence-electron chi connectivity index (χ4n) is 3.45. The lowest BCUT2D eigenvalue weighted by molar-refractivity contribution is -0.384. The van der Waals surface area contributed by atoms with Crippen molar-refractivity contribution in [3.63, 3.8) is 0 Å². The van der Waals surface area contributed by atoms with Crippen molar-refractivity contribution in [2.24, 2.45) is 10.9 Å². The van der Waals surface area contributed by atoms with Crippen LogP contribution in [0.1, 0.15) is 38.5 Å². The van der Waals surface area contributed by atoms with E-state index < -0.39 is 4.92 Å². The summed E-state index contributed by atoms with van der Waals surface area (Å²) in [4.78, 5) is 28.0. The van der Waals surface area contributed by atoms with Crippen molar-refractivity contribution in [1.29, 1.82) is 0 Å². The molecule has 0 atom stereocenters. The van der Waals surface area contributed by atoms with Crippen LogP contribution in [0.5, 0.6) is 0 Å². The number of aromatic nitrogens is 1. The molecule has 140 valence electrons. The second kappa shape index (κ2) is 8.55. The highest BCUT2D eigenvalue weighted by Crippen LogP contribution is 2.27. The number of hydrogen-bond donors (Lipinski definition) is 0. The van der Waals surface area contributed by atoms with E-state index in [0.29, 0.717) is 30.3 Å². The topological polar surface area (TPSA) is 86.7 Å². The van der Waals surface area contributed by atoms with E-state index in [-0.39, 0.29) is 11.6 Å². The van der Waals surface area contributed by atoms with Crippen molar-refractivity contribution in [2.45, 2.75) is 45.1 Å². The van der Waals surface area contributed by atoms with E-state index in [9.17, 15) is 14.9 Å². The molecule has 1 aromatic heterocycles. The van der Waals surface area contributed by atoms with Gasteiger partial charge >= 0.3 is 0 Å². The number of nitro benzene ring substituents is 1. The Kier molecular flexibility index (Phi) is 6.16. The van der Waals surface area contributed by atoms with Crippen LogP contribution in [-0.2, 0) is 16.1 Å². The number of carbonyl (C=O) groups is 1. The molecule has 3 rings (SSSR count). The number of amides is 1. The molecule has 26 heavy (non-hydrogen) atoms. The third-order valence-electron chi connectivity index (χ3n) is 4.80. The Morgan fingerprint density at radius 2 is 2.15 bits per heavy atom. The van der Waals surface area contributed by atoms with Crippen LogP contribution in [0.3, 0.4) is 0 Å². The fraction of sp³-hybridized carbons (Fsp3) is 0.556. The maximum atomic E-state index is 12.4. The molecule has 0 unspecified atom stereocenters. The normalized spacial score (nSPS) is 16.3. The molecule has 1 fully saturated rings. The van der Waals surface area contributed by atoms with E-state index in [1.807, 2.05) is 4.57 Å². The number of benzene rings is 1. The van der Waals surface area contributed by atoms with Crippen LogP contribution < -0.4 is 4.80 Å². The molecule has 0 N–H and O–H groups in total. The minimum absolute atomic E-state index is 0.0396. The summed E-state index contributed by atoms with van der Waals surface area (Å²) >= 11 is 1.31. The first-order valence-corrected chi connectivity index (χ1v) is 9.74. The van der Waals surface area contributed by atoms with E-state index in [1.165, 1.54) is 42.7 Å². The van der Waals surface area contributed by atoms with Gasteiger partial charge in [-0.05, 0) is 24.8 Å². The van der Waals surface area contributed by atoms with Gasteiger partial charge in [0, 0.05) is 32.2 Å². The first kappa shape index (κ1) is 18.7. The van der Waals surface area contributed by atoms with Crippen LogP contribution in [-0.4, -0.2) is 29.1 Å². The van der Waals surface area contributed by atoms with Gasteiger partial charge in [-0.25, -0.2) is 0 Å². The maximum absolute atomic E-state index is 12.4. The van der Waals surface area contributed by atoms with Gasteiger partial charge in [0.2, 0.25) is 5.91 Å². The fourth-order valence-corrected chi connectivity index (χ4v) is 4.56. The summed E-state index contributed by atoms with van der Waals surface area (Å²) in [6.07, 6.45) is 6.33. The third-order valence-corrected chi connectivity index (χ3v) is 5.85. The standard InChI is InChI=1S/C18H23N3O4S/c1-25-10-9-20-15-8-7-14(21(23)24)12-16(15)26-18(20)19-17(22)11-13-5-3-2-4-6-13/h7-8,12-13H,2-6,9-11H2,1H3. The SMILES string of the molecule is COCCn1c(=NC(=O)CC2CCCCC2)sc2cc([N+](=O)[O-])ccc21. The highest BCUT2D eigenvalue weighted by atomic mass is 32.1. The minimum atomic E-state index is -0.413. The lowest BCUT2D eigenvalue weighted by Crippen LogP contribution is -2.20. The molecule has 1 heterocycles. The summed E-state index contributed by atoms with van der Waals surface area (Å²) in [7, 11) is 1.62. The molecule has 0 bridgehead atoms. The lowest BCUT2D eigenvalue weighted by atomic mass is 9.87. The largest absolute Gasteiger partial charge is 0.383 e. The Hall–Kier alpha value is -2.06. The Morgan fingerprint density at radius 1 is 1.38 bits per heavy atom. The summed E-state index contributed by atoms with van der Waals surface area (Å²) in [5.74, 6) is 0.326. The van der Waals surface area contributed by atoms with Crippen LogP contribution in [0.15, 0.2) is 23.2 Å². The molecule has 1 aliphatic rings. The predicted molar refractivity (Wildman–Crippen MR) is 100 cm³/mol. The summed E-state index contributed by atoms with van der Waals surface area (Å²) < 4.78 is 7.81. The number of ether oxygens (including phenoxy) is 1. The molecule has 8 heteroatoms. The first-order valence-electron chi connectivity index (χ1n) is 8.93. The Morgan fingerprint density at radius 3 is 2.85 bits per heavy atom. The zero-order chi connectivity index (χ0) is 18.5. The van der Waals surface area contributed by atoms with Crippen molar-refractivity contribution in [2.75, 3.05) is 13.7 Å². The highest BCUT2D eigenvalue weighted by Gasteiger charge is 2.17. The summed E-state index contributed by atoms with van der Waals surface area (Å²) in [6.45, 7) is 1.02. The molecule has 1 aliphatic carbocycles. The van der Waals surface area contributed by atoms with Crippen LogP contribution in [0.25, 0.3) is 10.2 Å². The first-order chi connectivity index (χ1) is 12.6. The summed E-state index contributed by atoms with van der Waals surface area (Å²) in [5, 5.41) is 11.0. The lowest BCUT2D eigenvalue weighted by Gasteiger charge is -2.19. The monoisotopic (exact) mass is 377 g/mol. The molecule has 0 saturated heterocycles. The van der Waals surface area contributed by atoms with Crippen LogP contribution in [0, 0.1) is 16.0 Å². The Bertz CT molecular complexity index is 865. The predicted octanol–water partition coefficient (Wildman–Crippen LogP) is 3.66. The average molecular weight is 377 g/mol. The molecule has 0 aliphatic heterocycles. The van der Waals surface area contributed by atoms with Crippen molar-refractivity contribution in [1.82, 2.24) is 4.57 Å². The van der Waals surface area contributed by atoms with Crippen molar-refractivity contribution in [3.8, 4) is 0 Å². The number of hydrogen-bond acceptors (Lipinski definition) is 5. The van der Waals surface area contributed by atoms with Gasteiger partial charge in [0.25, 0.3) is 5.69 Å². The summed E-state index contributed by atoms with van der Waals surface area (Å²) in [5.41, 5.74) is 0.875. The van der Waals surface area contributed by atoms with E-state index in [2.05, 4.69) is 4.99 Å². The van der Waals surface area contributed by atoms with Gasteiger partial charge in [-0.1, -0.05) is 30.6 Å². The van der Waals surface area contributed by atoms with Gasteiger partial charge in [-0.3, -0.25) is 14.9 Å². The van der Waals surface area contributed by atoms with Gasteiger partial charge in [0.1, 0.15) is 0 Å². The smallest absolute Gasteiger partial charge is 0.270 e. The number of methoxy groups -OCH3 is 1. The quantitative estimate of drug-likeness (QED) is 0.568. The number of nitrogens with zero attached hydrogens (tertiary/aromatic N) is 3. The molecule has 2 aromatic rings. The molecule has 0 spiro atoms. The third kappa shape index (κ3) is 4.37. The van der Waals surface area contributed by atoms with Crippen LogP contribution >= 0.6 is 11.3 Å². The van der Waals surface area contributed by atoms with Crippen molar-refractivity contribution in [3.05, 3.63) is 33.1 Å². The Balaban J connectivity index is 1.93. The molecule has 1 aromatic carbocycles. The number of rotatable bonds is 6. The molecule has 0 radical (unpaired) electrons. The number of non-ortho nitro benzene ring substituents is 1. The van der Waals surface area contributed by atoms with Gasteiger partial charge in [0.15, 0.2) is 4.80 Å². The van der Waals surface area contributed by atoms with E-state index >= 15 is 0 Å². The minimum Gasteiger partial charge on any atom is -0.383 e. The van der Waals surface area contributed by atoms with Gasteiger partial charge < -0.3 is 9.30 Å². The van der Waals surface area contributed by atoms with Crippen molar-refractivity contribution < 1.29 is 14.5 Å². The van der Waals surface area contributed by atoms with Gasteiger partial charge in [-0.15, -0.1) is 0 Å². The summed E-state index contributed by atoms with van der Waals surface area (Å²) in [6, 6.07) is 4.73. The molecular formula is C18H23N3O4S. The maximum Gasteiger partial charge on any atom is 0.270 e. The van der Waals surface area contributed by atoms with Crippen LogP contribution in [0.2, 0.25) is 0 Å². The zero-order valence-electron chi connectivity index (χ0n) is 14.8. The van der Waals surface area contributed by atoms with Gasteiger partial charge in [-0.2, -0.15) is 4.99 Å². The second-order valence-electron chi connectivity index (χ2n) is 6.65. The molecule has 1 amide bonds. The van der Waals surface area contributed by atoms with Crippen LogP contribution in [0.4, 0.5) is 5.69 Å². The highest BCUT2D eigenvalue weighted by molar-refractivity contribution is 7.16.